The third kappa shape index (κ3) is 3.88. The molecule has 1 aliphatic heterocycles. The van der Waals surface area contributed by atoms with E-state index < -0.39 is 10.8 Å². The van der Waals surface area contributed by atoms with Gasteiger partial charge in [0.15, 0.2) is 0 Å². The van der Waals surface area contributed by atoms with Gasteiger partial charge in [0, 0.05) is 19.2 Å². The molecular weight excluding hydrogens is 276 g/mol. The number of pyridine rings is 1. The zero-order valence-electron chi connectivity index (χ0n) is 11.8. The number of carbonyl (C=O) groups excluding carboxylic acids is 1. The summed E-state index contributed by atoms with van der Waals surface area (Å²) in [4.78, 5) is 26.6. The van der Waals surface area contributed by atoms with Crippen LogP contribution in [-0.2, 0) is 4.74 Å². The third-order valence-electron chi connectivity index (χ3n) is 3.15. The maximum absolute atomic E-state index is 12.2. The number of anilines is 1. The van der Waals surface area contributed by atoms with Gasteiger partial charge in [0.05, 0.1) is 17.6 Å². The molecule has 0 aliphatic carbocycles. The van der Waals surface area contributed by atoms with Crippen LogP contribution in [0.4, 0.5) is 11.5 Å². The molecule has 1 aliphatic rings. The number of hydrogen-bond acceptors (Lipinski definition) is 6. The zero-order valence-corrected chi connectivity index (χ0v) is 11.8. The zero-order chi connectivity index (χ0) is 15.2. The molecule has 2 N–H and O–H groups in total. The van der Waals surface area contributed by atoms with Crippen LogP contribution >= 0.6 is 0 Å². The highest BCUT2D eigenvalue weighted by molar-refractivity contribution is 5.98. The molecule has 0 radical (unpaired) electrons. The van der Waals surface area contributed by atoms with E-state index in [9.17, 15) is 14.9 Å². The lowest BCUT2D eigenvalue weighted by Crippen LogP contribution is -2.35. The van der Waals surface area contributed by atoms with Crippen LogP contribution in [-0.4, -0.2) is 41.6 Å². The second-order valence-corrected chi connectivity index (χ2v) is 4.80. The molecule has 0 saturated carbocycles. The van der Waals surface area contributed by atoms with Gasteiger partial charge in [-0.25, -0.2) is 4.98 Å². The molecule has 21 heavy (non-hydrogen) atoms. The largest absolute Gasteiger partial charge is 0.379 e. The first-order valence-electron chi connectivity index (χ1n) is 6.88. The van der Waals surface area contributed by atoms with Gasteiger partial charge >= 0.3 is 0 Å². The number of nitro groups is 1. The summed E-state index contributed by atoms with van der Waals surface area (Å²) in [5, 5.41) is 16.8. The Bertz CT molecular complexity index is 529. The quantitative estimate of drug-likeness (QED) is 0.605. The van der Waals surface area contributed by atoms with E-state index in [0.717, 1.165) is 12.6 Å². The van der Waals surface area contributed by atoms with Crippen molar-refractivity contribution in [3.8, 4) is 0 Å². The predicted octanol–water partition coefficient (Wildman–Crippen LogP) is 1.33. The van der Waals surface area contributed by atoms with E-state index in [2.05, 4.69) is 15.6 Å². The number of hydrogen-bond donors (Lipinski definition) is 2. The molecule has 1 saturated heterocycles. The molecule has 1 atom stereocenters. The summed E-state index contributed by atoms with van der Waals surface area (Å²) < 4.78 is 5.18. The van der Waals surface area contributed by atoms with Gasteiger partial charge in [0.2, 0.25) is 0 Å². The molecule has 1 fully saturated rings. The molecule has 0 spiro atoms. The van der Waals surface area contributed by atoms with Gasteiger partial charge in [-0.3, -0.25) is 14.9 Å². The lowest BCUT2D eigenvalue weighted by molar-refractivity contribution is -0.385. The lowest BCUT2D eigenvalue weighted by Gasteiger charge is -2.11. The number of nitrogens with one attached hydrogen (secondary N) is 2. The monoisotopic (exact) mass is 294 g/mol. The topological polar surface area (TPSA) is 106 Å². The van der Waals surface area contributed by atoms with Crippen molar-refractivity contribution < 1.29 is 14.5 Å². The maximum Gasteiger partial charge on any atom is 0.300 e. The Hall–Kier alpha value is -2.22. The van der Waals surface area contributed by atoms with Crippen molar-refractivity contribution in [1.82, 2.24) is 10.3 Å². The highest BCUT2D eigenvalue weighted by Crippen LogP contribution is 2.21. The Kier molecular flexibility index (Phi) is 5.04. The van der Waals surface area contributed by atoms with Gasteiger partial charge in [-0.15, -0.1) is 0 Å². The summed E-state index contributed by atoms with van der Waals surface area (Å²) in [7, 11) is 0. The summed E-state index contributed by atoms with van der Waals surface area (Å²) in [6, 6.07) is 1.32. The Balaban J connectivity index is 2.20. The SMILES string of the molecule is CCCNc1cc(C(=O)NC2CCOC2)c([N+](=O)[O-])cn1. The number of rotatable bonds is 6. The van der Waals surface area contributed by atoms with E-state index in [1.807, 2.05) is 6.92 Å². The highest BCUT2D eigenvalue weighted by Gasteiger charge is 2.25. The Morgan fingerprint density at radius 1 is 1.62 bits per heavy atom. The molecule has 1 aromatic rings. The van der Waals surface area contributed by atoms with E-state index >= 15 is 0 Å². The van der Waals surface area contributed by atoms with Crippen molar-refractivity contribution in [3.05, 3.63) is 27.9 Å². The van der Waals surface area contributed by atoms with Crippen LogP contribution in [0.3, 0.4) is 0 Å². The number of ether oxygens (including phenoxy) is 1. The molecule has 0 bridgehead atoms. The molecule has 2 rings (SSSR count). The molecule has 114 valence electrons. The molecular formula is C13H18N4O4. The highest BCUT2D eigenvalue weighted by atomic mass is 16.6. The van der Waals surface area contributed by atoms with Gasteiger partial charge in [-0.2, -0.15) is 0 Å². The summed E-state index contributed by atoms with van der Waals surface area (Å²) in [5.74, 6) is -0.0191. The van der Waals surface area contributed by atoms with Crippen LogP contribution in [0, 0.1) is 10.1 Å². The molecule has 1 amide bonds. The molecule has 8 heteroatoms. The average molecular weight is 294 g/mol. The molecule has 1 unspecified atom stereocenters. The summed E-state index contributed by atoms with van der Waals surface area (Å²) in [6.07, 6.45) is 2.71. The standard InChI is InChI=1S/C13H18N4O4/c1-2-4-14-12-6-10(11(7-15-12)17(19)20)13(18)16-9-3-5-21-8-9/h6-7,9H,2-5,8H2,1H3,(H,14,15)(H,16,18). The lowest BCUT2D eigenvalue weighted by atomic mass is 10.1. The van der Waals surface area contributed by atoms with Gasteiger partial charge in [0.1, 0.15) is 17.6 Å². The second-order valence-electron chi connectivity index (χ2n) is 4.80. The molecule has 8 nitrogen and oxygen atoms in total. The van der Waals surface area contributed by atoms with Crippen LogP contribution < -0.4 is 10.6 Å². The van der Waals surface area contributed by atoms with Crippen LogP contribution in [0.15, 0.2) is 12.3 Å². The minimum atomic E-state index is -0.601. The average Bonchev–Trinajstić information content (AvgIpc) is 2.97. The Labute approximate surface area is 122 Å². The summed E-state index contributed by atoms with van der Waals surface area (Å²) in [5.41, 5.74) is -0.283. The fourth-order valence-corrected chi connectivity index (χ4v) is 2.04. The van der Waals surface area contributed by atoms with Crippen molar-refractivity contribution in [3.63, 3.8) is 0 Å². The van der Waals surface area contributed by atoms with E-state index in [1.165, 1.54) is 6.07 Å². The predicted molar refractivity (Wildman–Crippen MR) is 76.4 cm³/mol. The minimum absolute atomic E-state index is 0.0144. The van der Waals surface area contributed by atoms with Crippen LogP contribution in [0.25, 0.3) is 0 Å². The molecule has 2 heterocycles. The first-order chi connectivity index (χ1) is 10.1. The van der Waals surface area contributed by atoms with Crippen molar-refractivity contribution in [2.24, 2.45) is 0 Å². The second kappa shape index (κ2) is 6.98. The van der Waals surface area contributed by atoms with E-state index in [1.54, 1.807) is 0 Å². The smallest absolute Gasteiger partial charge is 0.300 e. The Morgan fingerprint density at radius 3 is 3.05 bits per heavy atom. The van der Waals surface area contributed by atoms with Gasteiger partial charge in [-0.1, -0.05) is 6.92 Å². The fourth-order valence-electron chi connectivity index (χ4n) is 2.04. The molecule has 0 aromatic carbocycles. The number of carbonyl (C=O) groups is 1. The summed E-state index contributed by atoms with van der Waals surface area (Å²) in [6.45, 7) is 3.70. The normalized spacial score (nSPS) is 17.5. The minimum Gasteiger partial charge on any atom is -0.379 e. The third-order valence-corrected chi connectivity index (χ3v) is 3.15. The first kappa shape index (κ1) is 15.2. The van der Waals surface area contributed by atoms with Crippen LogP contribution in [0.1, 0.15) is 30.1 Å². The number of aromatic nitrogens is 1. The van der Waals surface area contributed by atoms with Crippen LogP contribution in [0.5, 0.6) is 0 Å². The van der Waals surface area contributed by atoms with E-state index in [-0.39, 0.29) is 17.3 Å². The van der Waals surface area contributed by atoms with Gasteiger partial charge < -0.3 is 15.4 Å². The Morgan fingerprint density at radius 2 is 2.43 bits per heavy atom. The van der Waals surface area contributed by atoms with Crippen molar-refractivity contribution >= 4 is 17.4 Å². The fraction of sp³-hybridized carbons (Fsp3) is 0.538. The van der Waals surface area contributed by atoms with Gasteiger partial charge in [0.25, 0.3) is 11.6 Å². The van der Waals surface area contributed by atoms with E-state index in [0.29, 0.717) is 32.0 Å². The van der Waals surface area contributed by atoms with Crippen LogP contribution in [0.2, 0.25) is 0 Å². The van der Waals surface area contributed by atoms with Crippen molar-refractivity contribution in [2.45, 2.75) is 25.8 Å². The van der Waals surface area contributed by atoms with Gasteiger partial charge in [-0.05, 0) is 12.8 Å². The van der Waals surface area contributed by atoms with Crippen molar-refractivity contribution in [1.29, 1.82) is 0 Å². The maximum atomic E-state index is 12.2. The van der Waals surface area contributed by atoms with E-state index in [4.69, 9.17) is 4.74 Å². The number of amides is 1. The first-order valence-corrected chi connectivity index (χ1v) is 6.88. The molecule has 1 aromatic heterocycles. The number of nitrogens with zero attached hydrogens (tertiary/aromatic N) is 2. The summed E-state index contributed by atoms with van der Waals surface area (Å²) >= 11 is 0. The van der Waals surface area contributed by atoms with Crippen molar-refractivity contribution in [2.75, 3.05) is 25.1 Å².